The quantitative estimate of drug-likeness (QED) is 0.566. The van der Waals surface area contributed by atoms with Crippen LogP contribution in [0, 0.1) is 6.92 Å². The summed E-state index contributed by atoms with van der Waals surface area (Å²) in [6, 6.07) is 7.41. The molecular formula is C17H23ClN6O. The molecule has 0 spiro atoms. The van der Waals surface area contributed by atoms with Crippen LogP contribution >= 0.6 is 11.6 Å². The summed E-state index contributed by atoms with van der Waals surface area (Å²) in [5, 5.41) is 21.9. The lowest BCUT2D eigenvalue weighted by molar-refractivity contribution is 0.180. The number of aliphatic hydroxyl groups is 1. The molecule has 0 saturated heterocycles. The highest BCUT2D eigenvalue weighted by molar-refractivity contribution is 6.30. The molecule has 0 aliphatic carbocycles. The number of rotatable bonds is 4. The highest BCUT2D eigenvalue weighted by Gasteiger charge is 2.21. The van der Waals surface area contributed by atoms with E-state index in [2.05, 4.69) is 25.7 Å². The van der Waals surface area contributed by atoms with Crippen LogP contribution in [-0.4, -0.2) is 45.5 Å². The van der Waals surface area contributed by atoms with E-state index in [-0.39, 0.29) is 6.04 Å². The van der Waals surface area contributed by atoms with E-state index >= 15 is 0 Å². The first-order chi connectivity index (χ1) is 12.0. The maximum absolute atomic E-state index is 10.3. The summed E-state index contributed by atoms with van der Waals surface area (Å²) >= 11 is 5.87. The van der Waals surface area contributed by atoms with Gasteiger partial charge in [-0.15, -0.1) is 0 Å². The van der Waals surface area contributed by atoms with Crippen molar-refractivity contribution in [1.29, 1.82) is 0 Å². The van der Waals surface area contributed by atoms with E-state index < -0.39 is 6.10 Å². The molecule has 1 aromatic carbocycles. The van der Waals surface area contributed by atoms with Crippen molar-refractivity contribution in [1.82, 2.24) is 25.4 Å². The largest absolute Gasteiger partial charge is 0.387 e. The minimum absolute atomic E-state index is 0.229. The Morgan fingerprint density at radius 1 is 1.44 bits per heavy atom. The molecule has 7 nitrogen and oxygen atoms in total. The fraction of sp³-hybridized carbons (Fsp3) is 0.471. The van der Waals surface area contributed by atoms with Gasteiger partial charge < -0.3 is 15.7 Å². The first kappa shape index (κ1) is 17.7. The van der Waals surface area contributed by atoms with Gasteiger partial charge >= 0.3 is 0 Å². The van der Waals surface area contributed by atoms with Crippen LogP contribution in [-0.2, 0) is 13.0 Å². The Balaban J connectivity index is 1.52. The Bertz CT molecular complexity index is 742. The van der Waals surface area contributed by atoms with Crippen molar-refractivity contribution in [2.45, 2.75) is 38.5 Å². The Hall–Kier alpha value is -2.12. The van der Waals surface area contributed by atoms with Crippen LogP contribution in [0.5, 0.6) is 0 Å². The van der Waals surface area contributed by atoms with Gasteiger partial charge in [0.05, 0.1) is 12.6 Å². The summed E-state index contributed by atoms with van der Waals surface area (Å²) < 4.78 is 1.95. The van der Waals surface area contributed by atoms with E-state index in [1.54, 1.807) is 19.2 Å². The molecule has 2 unspecified atom stereocenters. The normalized spacial score (nSPS) is 18.6. The van der Waals surface area contributed by atoms with E-state index in [1.807, 2.05) is 23.7 Å². The lowest BCUT2D eigenvalue weighted by Gasteiger charge is -2.25. The van der Waals surface area contributed by atoms with Crippen molar-refractivity contribution >= 4 is 17.6 Å². The lowest BCUT2D eigenvalue weighted by Crippen LogP contribution is -2.47. The molecule has 2 aromatic rings. The zero-order chi connectivity index (χ0) is 17.8. The number of aromatic nitrogens is 3. The number of halogens is 1. The minimum atomic E-state index is -0.633. The van der Waals surface area contributed by atoms with Crippen molar-refractivity contribution < 1.29 is 5.11 Å². The van der Waals surface area contributed by atoms with Crippen LogP contribution in [0.15, 0.2) is 29.3 Å². The molecule has 2 heterocycles. The van der Waals surface area contributed by atoms with Gasteiger partial charge in [-0.2, -0.15) is 5.10 Å². The van der Waals surface area contributed by atoms with Gasteiger partial charge in [0, 0.05) is 31.1 Å². The van der Waals surface area contributed by atoms with Crippen LogP contribution in [0.3, 0.4) is 0 Å². The Labute approximate surface area is 152 Å². The van der Waals surface area contributed by atoms with Crippen molar-refractivity contribution in [3.05, 3.63) is 46.5 Å². The molecule has 3 N–H and O–H groups in total. The van der Waals surface area contributed by atoms with E-state index in [1.165, 1.54) is 0 Å². The van der Waals surface area contributed by atoms with Gasteiger partial charge in [-0.05, 0) is 31.0 Å². The summed E-state index contributed by atoms with van der Waals surface area (Å²) in [5.41, 5.74) is 0.813. The van der Waals surface area contributed by atoms with Gasteiger partial charge in [0.25, 0.3) is 0 Å². The molecular weight excluding hydrogens is 340 g/mol. The molecule has 2 atom stereocenters. The molecule has 0 saturated carbocycles. The second-order valence-corrected chi connectivity index (χ2v) is 6.59. The molecule has 0 fully saturated rings. The third-order valence-electron chi connectivity index (χ3n) is 4.25. The summed E-state index contributed by atoms with van der Waals surface area (Å²) in [5.74, 6) is 2.51. The maximum atomic E-state index is 10.3. The zero-order valence-corrected chi connectivity index (χ0v) is 15.2. The number of aliphatic imine (C=N–C) groups is 1. The van der Waals surface area contributed by atoms with Crippen LogP contribution in [0.4, 0.5) is 0 Å². The predicted molar refractivity (Wildman–Crippen MR) is 97.8 cm³/mol. The van der Waals surface area contributed by atoms with Crippen molar-refractivity contribution in [3.8, 4) is 0 Å². The summed E-state index contributed by atoms with van der Waals surface area (Å²) in [6.07, 6.45) is 1.23. The smallest absolute Gasteiger partial charge is 0.191 e. The number of nitrogens with zero attached hydrogens (tertiary/aromatic N) is 4. The monoisotopic (exact) mass is 362 g/mol. The molecule has 134 valence electrons. The van der Waals surface area contributed by atoms with Crippen LogP contribution in [0.2, 0.25) is 5.02 Å². The Morgan fingerprint density at radius 2 is 2.20 bits per heavy atom. The molecule has 0 amide bonds. The van der Waals surface area contributed by atoms with E-state index in [0.29, 0.717) is 17.5 Å². The third kappa shape index (κ3) is 4.49. The number of hydrogen-bond donors (Lipinski definition) is 3. The number of aryl methyl sites for hydroxylation is 2. The fourth-order valence-corrected chi connectivity index (χ4v) is 3.06. The van der Waals surface area contributed by atoms with E-state index in [0.717, 1.165) is 36.6 Å². The highest BCUT2D eigenvalue weighted by atomic mass is 35.5. The molecule has 25 heavy (non-hydrogen) atoms. The molecule has 0 bridgehead atoms. The second-order valence-electron chi connectivity index (χ2n) is 6.16. The van der Waals surface area contributed by atoms with Crippen LogP contribution in [0.25, 0.3) is 0 Å². The van der Waals surface area contributed by atoms with Crippen molar-refractivity contribution in [2.24, 2.45) is 4.99 Å². The maximum Gasteiger partial charge on any atom is 0.191 e. The average Bonchev–Trinajstić information content (AvgIpc) is 2.98. The van der Waals surface area contributed by atoms with E-state index in [4.69, 9.17) is 11.6 Å². The van der Waals surface area contributed by atoms with Gasteiger partial charge in [0.2, 0.25) is 0 Å². The van der Waals surface area contributed by atoms with Crippen molar-refractivity contribution in [2.75, 3.05) is 13.6 Å². The molecule has 0 radical (unpaired) electrons. The molecule has 8 heteroatoms. The summed E-state index contributed by atoms with van der Waals surface area (Å²) in [6.45, 7) is 3.03. The number of hydrogen-bond acceptors (Lipinski definition) is 4. The van der Waals surface area contributed by atoms with Gasteiger partial charge in [-0.25, -0.2) is 9.67 Å². The fourth-order valence-electron chi connectivity index (χ4n) is 2.94. The predicted octanol–water partition coefficient (Wildman–Crippen LogP) is 1.45. The van der Waals surface area contributed by atoms with Gasteiger partial charge in [-0.3, -0.25) is 4.99 Å². The van der Waals surface area contributed by atoms with Gasteiger partial charge in [0.15, 0.2) is 5.96 Å². The zero-order valence-electron chi connectivity index (χ0n) is 14.4. The SMILES string of the molecule is CN=C(NCC(O)c1ccc(Cl)cc1)NC1CCc2nc(C)nn2C1. The molecule has 1 aliphatic heterocycles. The van der Waals surface area contributed by atoms with Crippen LogP contribution < -0.4 is 10.6 Å². The number of benzene rings is 1. The second kappa shape index (κ2) is 7.84. The van der Waals surface area contributed by atoms with Gasteiger partial charge in [0.1, 0.15) is 11.6 Å². The standard InChI is InChI=1S/C17H23ClN6O/c1-11-21-16-8-7-14(10-24(16)23-11)22-17(19-2)20-9-15(25)12-3-5-13(18)6-4-12/h3-6,14-15,25H,7-10H2,1-2H3,(H2,19,20,22). The first-order valence-electron chi connectivity index (χ1n) is 8.36. The number of guanidine groups is 1. The average molecular weight is 363 g/mol. The number of aliphatic hydroxyl groups excluding tert-OH is 1. The molecule has 1 aromatic heterocycles. The van der Waals surface area contributed by atoms with Crippen molar-refractivity contribution in [3.63, 3.8) is 0 Å². The molecule has 3 rings (SSSR count). The first-order valence-corrected chi connectivity index (χ1v) is 8.74. The third-order valence-corrected chi connectivity index (χ3v) is 4.50. The molecule has 1 aliphatic rings. The summed E-state index contributed by atoms with van der Waals surface area (Å²) in [7, 11) is 1.72. The minimum Gasteiger partial charge on any atom is -0.387 e. The Morgan fingerprint density at radius 3 is 2.92 bits per heavy atom. The summed E-state index contributed by atoms with van der Waals surface area (Å²) in [4.78, 5) is 8.66. The van der Waals surface area contributed by atoms with Crippen LogP contribution in [0.1, 0.15) is 29.7 Å². The number of nitrogens with one attached hydrogen (secondary N) is 2. The van der Waals surface area contributed by atoms with Gasteiger partial charge in [-0.1, -0.05) is 23.7 Å². The number of fused-ring (bicyclic) bond motifs is 1. The lowest BCUT2D eigenvalue weighted by atomic mass is 10.1. The van der Waals surface area contributed by atoms with E-state index in [9.17, 15) is 5.11 Å². The highest BCUT2D eigenvalue weighted by Crippen LogP contribution is 2.16. The topological polar surface area (TPSA) is 87.4 Å². The Kier molecular flexibility index (Phi) is 5.55.